The number of aromatic nitrogens is 3. The van der Waals surface area contributed by atoms with Crippen LogP contribution in [0.3, 0.4) is 0 Å². The van der Waals surface area contributed by atoms with Gasteiger partial charge >= 0.3 is 0 Å². The number of pyridine rings is 1. The SMILES string of the molecule is CSc1nc(N)cc(N(C)Cc2ccncc2)n1. The third kappa shape index (κ3) is 3.10. The maximum absolute atomic E-state index is 5.77. The fourth-order valence-corrected chi connectivity index (χ4v) is 1.94. The summed E-state index contributed by atoms with van der Waals surface area (Å²) < 4.78 is 0. The average molecular weight is 261 g/mol. The molecule has 0 saturated heterocycles. The van der Waals surface area contributed by atoms with Gasteiger partial charge in [0.1, 0.15) is 11.6 Å². The lowest BCUT2D eigenvalue weighted by Gasteiger charge is -2.18. The first-order valence-corrected chi connectivity index (χ1v) is 6.70. The second kappa shape index (κ2) is 5.68. The van der Waals surface area contributed by atoms with Crippen molar-refractivity contribution in [3.05, 3.63) is 36.2 Å². The minimum absolute atomic E-state index is 0.492. The number of thioether (sulfide) groups is 1. The Labute approximate surface area is 110 Å². The number of hydrogen-bond donors (Lipinski definition) is 1. The van der Waals surface area contributed by atoms with E-state index in [1.807, 2.05) is 30.3 Å². The Hall–Kier alpha value is -1.82. The molecule has 0 radical (unpaired) electrons. The minimum Gasteiger partial charge on any atom is -0.383 e. The van der Waals surface area contributed by atoms with Gasteiger partial charge in [-0.3, -0.25) is 4.98 Å². The first-order chi connectivity index (χ1) is 8.69. The van der Waals surface area contributed by atoms with E-state index in [9.17, 15) is 0 Å². The van der Waals surface area contributed by atoms with Crippen LogP contribution in [0.2, 0.25) is 0 Å². The van der Waals surface area contributed by atoms with Crippen LogP contribution < -0.4 is 10.6 Å². The van der Waals surface area contributed by atoms with Crippen molar-refractivity contribution in [3.8, 4) is 0 Å². The quantitative estimate of drug-likeness (QED) is 0.669. The Balaban J connectivity index is 2.18. The van der Waals surface area contributed by atoms with E-state index in [0.29, 0.717) is 11.0 Å². The molecular weight excluding hydrogens is 246 g/mol. The summed E-state index contributed by atoms with van der Waals surface area (Å²) in [6.45, 7) is 0.757. The molecule has 0 bridgehead atoms. The topological polar surface area (TPSA) is 67.9 Å². The van der Waals surface area contributed by atoms with Gasteiger partial charge in [-0.1, -0.05) is 11.8 Å². The highest BCUT2D eigenvalue weighted by Crippen LogP contribution is 2.19. The summed E-state index contributed by atoms with van der Waals surface area (Å²) in [5, 5.41) is 0.687. The molecule has 5 nitrogen and oxygen atoms in total. The second-order valence-corrected chi connectivity index (χ2v) is 4.62. The Morgan fingerprint density at radius 2 is 2.00 bits per heavy atom. The van der Waals surface area contributed by atoms with Gasteiger partial charge in [-0.2, -0.15) is 0 Å². The van der Waals surface area contributed by atoms with Gasteiger partial charge in [0, 0.05) is 32.1 Å². The smallest absolute Gasteiger partial charge is 0.191 e. The summed E-state index contributed by atoms with van der Waals surface area (Å²) in [4.78, 5) is 14.6. The first kappa shape index (κ1) is 12.6. The molecule has 0 aliphatic carbocycles. The van der Waals surface area contributed by atoms with Crippen molar-refractivity contribution >= 4 is 23.4 Å². The van der Waals surface area contributed by atoms with Crippen molar-refractivity contribution in [3.63, 3.8) is 0 Å². The fourth-order valence-electron chi connectivity index (χ4n) is 1.56. The number of hydrogen-bond acceptors (Lipinski definition) is 6. The van der Waals surface area contributed by atoms with Crippen LogP contribution in [0.4, 0.5) is 11.6 Å². The molecule has 2 rings (SSSR count). The summed E-state index contributed by atoms with van der Waals surface area (Å²) in [6.07, 6.45) is 5.50. The molecule has 18 heavy (non-hydrogen) atoms. The number of nitrogens with two attached hydrogens (primary N) is 1. The molecule has 0 atom stereocenters. The second-order valence-electron chi connectivity index (χ2n) is 3.85. The number of anilines is 2. The largest absolute Gasteiger partial charge is 0.383 e. The highest BCUT2D eigenvalue weighted by Gasteiger charge is 2.07. The molecule has 0 fully saturated rings. The lowest BCUT2D eigenvalue weighted by atomic mass is 10.2. The van der Waals surface area contributed by atoms with Gasteiger partial charge in [-0.15, -0.1) is 0 Å². The normalized spacial score (nSPS) is 10.3. The number of nitrogens with zero attached hydrogens (tertiary/aromatic N) is 4. The molecule has 0 aliphatic rings. The van der Waals surface area contributed by atoms with Crippen molar-refractivity contribution in [2.75, 3.05) is 23.9 Å². The molecule has 2 N–H and O–H groups in total. The van der Waals surface area contributed by atoms with E-state index in [2.05, 4.69) is 15.0 Å². The Kier molecular flexibility index (Phi) is 3.99. The molecular formula is C12H15N5S. The summed E-state index contributed by atoms with van der Waals surface area (Å²) in [7, 11) is 1.98. The van der Waals surface area contributed by atoms with Crippen LogP contribution in [-0.4, -0.2) is 28.3 Å². The zero-order valence-electron chi connectivity index (χ0n) is 10.4. The predicted octanol–water partition coefficient (Wildman–Crippen LogP) is 1.81. The molecule has 0 unspecified atom stereocenters. The van der Waals surface area contributed by atoms with Gasteiger partial charge in [0.05, 0.1) is 0 Å². The average Bonchev–Trinajstić information content (AvgIpc) is 2.39. The van der Waals surface area contributed by atoms with Crippen LogP contribution in [0.5, 0.6) is 0 Å². The van der Waals surface area contributed by atoms with E-state index in [1.165, 1.54) is 17.3 Å². The van der Waals surface area contributed by atoms with E-state index in [1.54, 1.807) is 18.5 Å². The maximum Gasteiger partial charge on any atom is 0.191 e. The van der Waals surface area contributed by atoms with Crippen molar-refractivity contribution in [1.29, 1.82) is 0 Å². The molecule has 0 amide bonds. The zero-order valence-corrected chi connectivity index (χ0v) is 11.2. The van der Waals surface area contributed by atoms with Gasteiger partial charge in [-0.25, -0.2) is 9.97 Å². The van der Waals surface area contributed by atoms with Gasteiger partial charge in [0.25, 0.3) is 0 Å². The standard InChI is InChI=1S/C12H15N5S/c1-17(8-9-3-5-14-6-4-9)11-7-10(13)15-12(16-11)18-2/h3-7H,8H2,1-2H3,(H2,13,15,16). The van der Waals surface area contributed by atoms with E-state index in [-0.39, 0.29) is 0 Å². The molecule has 2 heterocycles. The van der Waals surface area contributed by atoms with Crippen LogP contribution >= 0.6 is 11.8 Å². The Morgan fingerprint density at radius 3 is 2.67 bits per heavy atom. The van der Waals surface area contributed by atoms with Crippen LogP contribution in [0.1, 0.15) is 5.56 Å². The third-order valence-electron chi connectivity index (χ3n) is 2.45. The van der Waals surface area contributed by atoms with E-state index >= 15 is 0 Å². The summed E-state index contributed by atoms with van der Waals surface area (Å²) in [5.41, 5.74) is 6.94. The minimum atomic E-state index is 0.492. The molecule has 6 heteroatoms. The van der Waals surface area contributed by atoms with Crippen LogP contribution in [0.25, 0.3) is 0 Å². The maximum atomic E-state index is 5.77. The molecule has 0 spiro atoms. The zero-order chi connectivity index (χ0) is 13.0. The molecule has 0 saturated carbocycles. The van der Waals surface area contributed by atoms with Crippen molar-refractivity contribution < 1.29 is 0 Å². The highest BCUT2D eigenvalue weighted by molar-refractivity contribution is 7.98. The van der Waals surface area contributed by atoms with E-state index < -0.39 is 0 Å². The Morgan fingerprint density at radius 1 is 1.28 bits per heavy atom. The van der Waals surface area contributed by atoms with Gasteiger partial charge < -0.3 is 10.6 Å². The van der Waals surface area contributed by atoms with Crippen molar-refractivity contribution in [2.45, 2.75) is 11.7 Å². The van der Waals surface area contributed by atoms with Gasteiger partial charge in [-0.05, 0) is 24.0 Å². The van der Waals surface area contributed by atoms with Crippen molar-refractivity contribution in [1.82, 2.24) is 15.0 Å². The van der Waals surface area contributed by atoms with E-state index in [0.717, 1.165) is 12.4 Å². The van der Waals surface area contributed by atoms with E-state index in [4.69, 9.17) is 5.73 Å². The molecule has 2 aromatic rings. The van der Waals surface area contributed by atoms with Crippen LogP contribution in [0, 0.1) is 0 Å². The summed E-state index contributed by atoms with van der Waals surface area (Å²) in [6, 6.07) is 5.74. The molecule has 0 aliphatic heterocycles. The summed E-state index contributed by atoms with van der Waals surface area (Å²) >= 11 is 1.48. The monoisotopic (exact) mass is 261 g/mol. The summed E-state index contributed by atoms with van der Waals surface area (Å²) in [5.74, 6) is 1.31. The van der Waals surface area contributed by atoms with Crippen LogP contribution in [-0.2, 0) is 6.54 Å². The number of rotatable bonds is 4. The molecule has 0 aromatic carbocycles. The van der Waals surface area contributed by atoms with Gasteiger partial charge in [0.2, 0.25) is 0 Å². The van der Waals surface area contributed by atoms with Crippen molar-refractivity contribution in [2.24, 2.45) is 0 Å². The van der Waals surface area contributed by atoms with Gasteiger partial charge in [0.15, 0.2) is 5.16 Å². The lowest BCUT2D eigenvalue weighted by Crippen LogP contribution is -2.18. The Bertz CT molecular complexity index is 517. The number of nitrogen functional groups attached to an aromatic ring is 1. The molecule has 2 aromatic heterocycles. The predicted molar refractivity (Wildman–Crippen MR) is 74.6 cm³/mol. The fraction of sp³-hybridized carbons (Fsp3) is 0.250. The highest BCUT2D eigenvalue weighted by atomic mass is 32.2. The third-order valence-corrected chi connectivity index (χ3v) is 3.00. The molecule has 94 valence electrons. The van der Waals surface area contributed by atoms with Crippen LogP contribution in [0.15, 0.2) is 35.7 Å². The first-order valence-electron chi connectivity index (χ1n) is 5.47. The lowest BCUT2D eigenvalue weighted by molar-refractivity contribution is 0.858.